The summed E-state index contributed by atoms with van der Waals surface area (Å²) in [5.41, 5.74) is 1.94. The van der Waals surface area contributed by atoms with Crippen molar-refractivity contribution in [1.82, 2.24) is 0 Å². The maximum absolute atomic E-state index is 9.87. The van der Waals surface area contributed by atoms with Crippen molar-refractivity contribution in [1.29, 1.82) is 0 Å². The summed E-state index contributed by atoms with van der Waals surface area (Å²) in [7, 11) is 0. The molecule has 0 heterocycles. The van der Waals surface area contributed by atoms with Crippen molar-refractivity contribution in [3.05, 3.63) is 90.0 Å². The highest BCUT2D eigenvalue weighted by Crippen LogP contribution is 2.36. The van der Waals surface area contributed by atoms with Gasteiger partial charge in [-0.1, -0.05) is 66.7 Å². The van der Waals surface area contributed by atoms with E-state index >= 15 is 0 Å². The fourth-order valence-corrected chi connectivity index (χ4v) is 3.77. The van der Waals surface area contributed by atoms with Crippen molar-refractivity contribution >= 4 is 38.5 Å². The highest BCUT2D eigenvalue weighted by molar-refractivity contribution is 6.23. The van der Waals surface area contributed by atoms with Crippen LogP contribution in [0.25, 0.3) is 32.3 Å². The zero-order valence-corrected chi connectivity index (χ0v) is 14.2. The number of nitrogens with zero attached hydrogens (tertiary/aromatic N) is 1. The van der Waals surface area contributed by atoms with Crippen LogP contribution in [0.5, 0.6) is 5.75 Å². The lowest BCUT2D eigenvalue weighted by Crippen LogP contribution is -1.90. The predicted octanol–water partition coefficient (Wildman–Crippen LogP) is 5.91. The van der Waals surface area contributed by atoms with E-state index in [0.717, 1.165) is 5.56 Å². The lowest BCUT2D eigenvalue weighted by Gasteiger charge is -2.13. The molecule has 0 spiro atoms. The van der Waals surface area contributed by atoms with E-state index in [1.54, 1.807) is 12.3 Å². The third kappa shape index (κ3) is 2.31. The van der Waals surface area contributed by atoms with Crippen LogP contribution in [-0.4, -0.2) is 11.3 Å². The molecule has 0 atom stereocenters. The molecule has 0 fully saturated rings. The monoisotopic (exact) mass is 335 g/mol. The Hall–Kier alpha value is -3.39. The smallest absolute Gasteiger partial charge is 0.124 e. The van der Waals surface area contributed by atoms with Crippen molar-refractivity contribution in [2.45, 2.75) is 6.54 Å². The molecular formula is C24H17NO. The minimum atomic E-state index is 0.256. The Balaban J connectivity index is 1.63. The van der Waals surface area contributed by atoms with Gasteiger partial charge in [-0.25, -0.2) is 0 Å². The molecule has 0 bridgehead atoms. The molecule has 5 aromatic carbocycles. The van der Waals surface area contributed by atoms with Crippen LogP contribution in [-0.2, 0) is 6.54 Å². The van der Waals surface area contributed by atoms with Crippen molar-refractivity contribution in [3.8, 4) is 5.75 Å². The standard InChI is InChI=1S/C24H17NO/c26-22-7-2-1-4-20(22)15-25-14-19-11-10-18-9-8-16-5-3-6-17-12-13-21(19)24(18)23(16)17/h1-13,15,26H,14H2. The Labute approximate surface area is 151 Å². The highest BCUT2D eigenvalue weighted by Gasteiger charge is 2.10. The molecule has 124 valence electrons. The molecule has 0 aliphatic carbocycles. The first-order valence-corrected chi connectivity index (χ1v) is 8.74. The Kier molecular flexibility index (Phi) is 3.36. The number of benzene rings is 5. The number of hydrogen-bond acceptors (Lipinski definition) is 2. The summed E-state index contributed by atoms with van der Waals surface area (Å²) in [6.45, 7) is 0.586. The maximum atomic E-state index is 9.87. The number of rotatable bonds is 3. The average molecular weight is 335 g/mol. The van der Waals surface area contributed by atoms with Crippen LogP contribution in [0.4, 0.5) is 0 Å². The number of aliphatic imine (C=N–C) groups is 1. The summed E-state index contributed by atoms with van der Waals surface area (Å²) in [6.07, 6.45) is 1.74. The molecule has 2 nitrogen and oxygen atoms in total. The Morgan fingerprint density at radius 1 is 0.692 bits per heavy atom. The number of para-hydroxylation sites is 1. The number of hydrogen-bond donors (Lipinski definition) is 1. The number of phenolic OH excluding ortho intramolecular Hbond substituents is 1. The maximum Gasteiger partial charge on any atom is 0.124 e. The molecule has 0 aliphatic heterocycles. The summed E-state index contributed by atoms with van der Waals surface area (Å²) < 4.78 is 0. The molecule has 2 heteroatoms. The molecule has 0 aliphatic rings. The Morgan fingerprint density at radius 2 is 1.38 bits per heavy atom. The van der Waals surface area contributed by atoms with Crippen LogP contribution < -0.4 is 0 Å². The fraction of sp³-hybridized carbons (Fsp3) is 0.0417. The van der Waals surface area contributed by atoms with E-state index in [-0.39, 0.29) is 5.75 Å². The second kappa shape index (κ2) is 5.85. The molecule has 0 saturated heterocycles. The van der Waals surface area contributed by atoms with Gasteiger partial charge in [0.15, 0.2) is 0 Å². The van der Waals surface area contributed by atoms with E-state index < -0.39 is 0 Å². The van der Waals surface area contributed by atoms with E-state index in [1.807, 2.05) is 18.2 Å². The topological polar surface area (TPSA) is 32.6 Å². The van der Waals surface area contributed by atoms with Gasteiger partial charge in [0.1, 0.15) is 5.75 Å². The second-order valence-corrected chi connectivity index (χ2v) is 6.61. The van der Waals surface area contributed by atoms with Crippen molar-refractivity contribution < 1.29 is 5.11 Å². The van der Waals surface area contributed by atoms with Gasteiger partial charge in [-0.05, 0) is 50.0 Å². The molecule has 5 aromatic rings. The number of phenols is 1. The van der Waals surface area contributed by atoms with Gasteiger partial charge in [0.25, 0.3) is 0 Å². The van der Waals surface area contributed by atoms with Crippen molar-refractivity contribution in [2.24, 2.45) is 4.99 Å². The largest absolute Gasteiger partial charge is 0.507 e. The lowest BCUT2D eigenvalue weighted by atomic mass is 9.92. The summed E-state index contributed by atoms with van der Waals surface area (Å²) in [4.78, 5) is 4.57. The lowest BCUT2D eigenvalue weighted by molar-refractivity contribution is 0.474. The van der Waals surface area contributed by atoms with Crippen LogP contribution in [0.1, 0.15) is 11.1 Å². The van der Waals surface area contributed by atoms with Gasteiger partial charge in [-0.2, -0.15) is 0 Å². The molecule has 0 amide bonds. The minimum Gasteiger partial charge on any atom is -0.507 e. The summed E-state index contributed by atoms with van der Waals surface area (Å²) in [5, 5.41) is 17.6. The Bertz CT molecular complexity index is 1250. The predicted molar refractivity (Wildman–Crippen MR) is 110 cm³/mol. The third-order valence-electron chi connectivity index (χ3n) is 5.05. The van der Waals surface area contributed by atoms with Crippen LogP contribution in [0.15, 0.2) is 83.9 Å². The van der Waals surface area contributed by atoms with E-state index in [2.05, 4.69) is 59.6 Å². The first kappa shape index (κ1) is 14.9. The van der Waals surface area contributed by atoms with Crippen LogP contribution in [0, 0.1) is 0 Å². The summed E-state index contributed by atoms with van der Waals surface area (Å²) >= 11 is 0. The molecule has 5 rings (SSSR count). The van der Waals surface area contributed by atoms with Crippen LogP contribution in [0.2, 0.25) is 0 Å². The normalized spacial score (nSPS) is 12.0. The molecule has 0 radical (unpaired) electrons. The molecule has 26 heavy (non-hydrogen) atoms. The highest BCUT2D eigenvalue weighted by atomic mass is 16.3. The van der Waals surface area contributed by atoms with Gasteiger partial charge in [-0.3, -0.25) is 4.99 Å². The van der Waals surface area contributed by atoms with Gasteiger partial charge in [0.05, 0.1) is 6.54 Å². The van der Waals surface area contributed by atoms with Gasteiger partial charge in [0.2, 0.25) is 0 Å². The Morgan fingerprint density at radius 3 is 2.19 bits per heavy atom. The fourth-order valence-electron chi connectivity index (χ4n) is 3.77. The van der Waals surface area contributed by atoms with Gasteiger partial charge in [0, 0.05) is 11.8 Å². The molecule has 0 unspecified atom stereocenters. The van der Waals surface area contributed by atoms with Gasteiger partial charge in [-0.15, -0.1) is 0 Å². The molecule has 0 saturated carbocycles. The minimum absolute atomic E-state index is 0.256. The average Bonchev–Trinajstić information content (AvgIpc) is 2.68. The second-order valence-electron chi connectivity index (χ2n) is 6.61. The number of aromatic hydroxyl groups is 1. The third-order valence-corrected chi connectivity index (χ3v) is 5.05. The SMILES string of the molecule is Oc1ccccc1C=NCc1ccc2ccc3cccc4ccc1c2c34. The zero-order valence-electron chi connectivity index (χ0n) is 14.2. The van der Waals surface area contributed by atoms with E-state index in [0.29, 0.717) is 6.54 Å². The molecule has 1 N–H and O–H groups in total. The quantitative estimate of drug-likeness (QED) is 0.323. The first-order valence-electron chi connectivity index (χ1n) is 8.74. The first-order chi connectivity index (χ1) is 12.8. The van der Waals surface area contributed by atoms with Crippen LogP contribution >= 0.6 is 0 Å². The van der Waals surface area contributed by atoms with E-state index in [9.17, 15) is 5.11 Å². The van der Waals surface area contributed by atoms with Gasteiger partial charge < -0.3 is 5.11 Å². The van der Waals surface area contributed by atoms with Crippen molar-refractivity contribution in [3.63, 3.8) is 0 Å². The zero-order chi connectivity index (χ0) is 17.5. The molecular weight excluding hydrogens is 318 g/mol. The van der Waals surface area contributed by atoms with Gasteiger partial charge >= 0.3 is 0 Å². The van der Waals surface area contributed by atoms with E-state index in [1.165, 1.54) is 37.9 Å². The summed E-state index contributed by atoms with van der Waals surface area (Å²) in [6, 6.07) is 26.8. The summed E-state index contributed by atoms with van der Waals surface area (Å²) in [5.74, 6) is 0.256. The molecule has 0 aromatic heterocycles. The van der Waals surface area contributed by atoms with E-state index in [4.69, 9.17) is 0 Å². The van der Waals surface area contributed by atoms with Crippen LogP contribution in [0.3, 0.4) is 0 Å². The van der Waals surface area contributed by atoms with Crippen molar-refractivity contribution in [2.75, 3.05) is 0 Å².